The first-order chi connectivity index (χ1) is 7.97. The van der Waals surface area contributed by atoms with Gasteiger partial charge < -0.3 is 20.7 Å². The molecule has 1 aliphatic heterocycles. The summed E-state index contributed by atoms with van der Waals surface area (Å²) in [6, 6.07) is 0. The standard InChI is InChI=1S/C11H21N3O3/c1-11(2,10(16)12-3)7-14-9(15)8-6-13-4-5-17-8/h8,13H,4-7H2,1-3H3,(H,12,16)(H,14,15). The van der Waals surface area contributed by atoms with Crippen LogP contribution in [0.15, 0.2) is 0 Å². The van der Waals surface area contributed by atoms with Gasteiger partial charge in [0.1, 0.15) is 6.10 Å². The van der Waals surface area contributed by atoms with Gasteiger partial charge in [-0.25, -0.2) is 0 Å². The lowest BCUT2D eigenvalue weighted by atomic mass is 9.92. The van der Waals surface area contributed by atoms with Crippen molar-refractivity contribution in [2.45, 2.75) is 20.0 Å². The fraction of sp³-hybridized carbons (Fsp3) is 0.818. The van der Waals surface area contributed by atoms with Crippen LogP contribution in [0, 0.1) is 5.41 Å². The molecule has 0 bridgehead atoms. The molecule has 0 spiro atoms. The van der Waals surface area contributed by atoms with E-state index in [0.29, 0.717) is 19.7 Å². The summed E-state index contributed by atoms with van der Waals surface area (Å²) in [4.78, 5) is 23.3. The molecule has 1 unspecified atom stereocenters. The fourth-order valence-electron chi connectivity index (χ4n) is 1.57. The minimum atomic E-state index is -0.619. The van der Waals surface area contributed by atoms with E-state index in [0.717, 1.165) is 6.54 Å². The molecule has 3 N–H and O–H groups in total. The molecule has 1 atom stereocenters. The Labute approximate surface area is 101 Å². The van der Waals surface area contributed by atoms with Crippen LogP contribution in [-0.4, -0.2) is 51.2 Å². The number of carbonyl (C=O) groups is 2. The Kier molecular flexibility index (Phi) is 4.89. The Balaban J connectivity index is 2.39. The summed E-state index contributed by atoms with van der Waals surface area (Å²) in [5.74, 6) is -0.269. The third-order valence-electron chi connectivity index (χ3n) is 2.77. The van der Waals surface area contributed by atoms with Crippen molar-refractivity contribution in [3.63, 3.8) is 0 Å². The monoisotopic (exact) mass is 243 g/mol. The van der Waals surface area contributed by atoms with Gasteiger partial charge in [-0.1, -0.05) is 0 Å². The Morgan fingerprint density at radius 2 is 2.18 bits per heavy atom. The zero-order valence-corrected chi connectivity index (χ0v) is 10.6. The van der Waals surface area contributed by atoms with Gasteiger partial charge in [0.15, 0.2) is 0 Å². The zero-order chi connectivity index (χ0) is 12.9. The van der Waals surface area contributed by atoms with Crippen LogP contribution in [0.1, 0.15) is 13.8 Å². The summed E-state index contributed by atoms with van der Waals surface area (Å²) in [6.45, 7) is 5.69. The van der Waals surface area contributed by atoms with E-state index in [1.807, 2.05) is 0 Å². The molecule has 6 heteroatoms. The van der Waals surface area contributed by atoms with Crippen LogP contribution >= 0.6 is 0 Å². The molecule has 1 rings (SSSR count). The van der Waals surface area contributed by atoms with Crippen molar-refractivity contribution in [3.8, 4) is 0 Å². The number of nitrogens with one attached hydrogen (secondary N) is 3. The second-order valence-corrected chi connectivity index (χ2v) is 4.74. The van der Waals surface area contributed by atoms with Crippen LogP contribution < -0.4 is 16.0 Å². The lowest BCUT2D eigenvalue weighted by Gasteiger charge is -2.26. The van der Waals surface area contributed by atoms with Crippen LogP contribution in [0.2, 0.25) is 0 Å². The van der Waals surface area contributed by atoms with E-state index in [-0.39, 0.29) is 11.8 Å². The van der Waals surface area contributed by atoms with Gasteiger partial charge in [0.25, 0.3) is 0 Å². The predicted octanol–water partition coefficient (Wildman–Crippen LogP) is -1.14. The highest BCUT2D eigenvalue weighted by atomic mass is 16.5. The van der Waals surface area contributed by atoms with Gasteiger partial charge in [-0.15, -0.1) is 0 Å². The van der Waals surface area contributed by atoms with Gasteiger partial charge in [-0.2, -0.15) is 0 Å². The quantitative estimate of drug-likeness (QED) is 0.583. The fourth-order valence-corrected chi connectivity index (χ4v) is 1.57. The van der Waals surface area contributed by atoms with Gasteiger partial charge in [0, 0.05) is 26.7 Å². The molecule has 0 saturated carbocycles. The first-order valence-electron chi connectivity index (χ1n) is 5.79. The van der Waals surface area contributed by atoms with E-state index >= 15 is 0 Å². The van der Waals surface area contributed by atoms with Crippen LogP contribution in [0.5, 0.6) is 0 Å². The van der Waals surface area contributed by atoms with Crippen molar-refractivity contribution in [2.24, 2.45) is 5.41 Å². The molecule has 1 saturated heterocycles. The van der Waals surface area contributed by atoms with Crippen LogP contribution in [0.4, 0.5) is 0 Å². The zero-order valence-electron chi connectivity index (χ0n) is 10.6. The molecular formula is C11H21N3O3. The molecule has 0 aromatic rings. The molecule has 0 aromatic carbocycles. The summed E-state index contributed by atoms with van der Waals surface area (Å²) in [6.07, 6.45) is -0.454. The number of rotatable bonds is 4. The molecule has 0 radical (unpaired) electrons. The second kappa shape index (κ2) is 5.97. The summed E-state index contributed by atoms with van der Waals surface area (Å²) >= 11 is 0. The third-order valence-corrected chi connectivity index (χ3v) is 2.77. The Morgan fingerprint density at radius 1 is 1.47 bits per heavy atom. The average Bonchev–Trinajstić information content (AvgIpc) is 2.36. The normalized spacial score (nSPS) is 20.8. The molecule has 1 aliphatic rings. The number of hydrogen-bond donors (Lipinski definition) is 3. The third kappa shape index (κ3) is 3.98. The Morgan fingerprint density at radius 3 is 2.71 bits per heavy atom. The van der Waals surface area contributed by atoms with Crippen molar-refractivity contribution >= 4 is 11.8 Å². The predicted molar refractivity (Wildman–Crippen MR) is 63.5 cm³/mol. The highest BCUT2D eigenvalue weighted by Gasteiger charge is 2.29. The van der Waals surface area contributed by atoms with Crippen LogP contribution in [0.3, 0.4) is 0 Å². The molecule has 0 aliphatic carbocycles. The van der Waals surface area contributed by atoms with E-state index < -0.39 is 11.5 Å². The molecule has 1 heterocycles. The topological polar surface area (TPSA) is 79.5 Å². The molecule has 98 valence electrons. The number of ether oxygens (including phenoxy) is 1. The number of morpholine rings is 1. The van der Waals surface area contributed by atoms with Crippen molar-refractivity contribution in [1.82, 2.24) is 16.0 Å². The minimum absolute atomic E-state index is 0.0968. The van der Waals surface area contributed by atoms with Crippen molar-refractivity contribution in [1.29, 1.82) is 0 Å². The molecule has 6 nitrogen and oxygen atoms in total. The maximum atomic E-state index is 11.7. The van der Waals surface area contributed by atoms with E-state index in [1.54, 1.807) is 20.9 Å². The van der Waals surface area contributed by atoms with Gasteiger partial charge in [0.05, 0.1) is 12.0 Å². The number of amides is 2. The maximum absolute atomic E-state index is 11.7. The molecular weight excluding hydrogens is 222 g/mol. The van der Waals surface area contributed by atoms with Crippen LogP contribution in [0.25, 0.3) is 0 Å². The maximum Gasteiger partial charge on any atom is 0.250 e. The van der Waals surface area contributed by atoms with Crippen molar-refractivity contribution < 1.29 is 14.3 Å². The smallest absolute Gasteiger partial charge is 0.250 e. The largest absolute Gasteiger partial charge is 0.366 e. The first kappa shape index (κ1) is 13.9. The number of carbonyl (C=O) groups excluding carboxylic acids is 2. The lowest BCUT2D eigenvalue weighted by molar-refractivity contribution is -0.135. The van der Waals surface area contributed by atoms with Crippen LogP contribution in [-0.2, 0) is 14.3 Å². The summed E-state index contributed by atoms with van der Waals surface area (Å²) < 4.78 is 5.32. The molecule has 1 fully saturated rings. The highest BCUT2D eigenvalue weighted by molar-refractivity contribution is 5.84. The van der Waals surface area contributed by atoms with Crippen molar-refractivity contribution in [2.75, 3.05) is 33.3 Å². The molecule has 2 amide bonds. The minimum Gasteiger partial charge on any atom is -0.366 e. The summed E-state index contributed by atoms with van der Waals surface area (Å²) in [5.41, 5.74) is -0.619. The van der Waals surface area contributed by atoms with Gasteiger partial charge >= 0.3 is 0 Å². The first-order valence-corrected chi connectivity index (χ1v) is 5.79. The van der Waals surface area contributed by atoms with E-state index in [2.05, 4.69) is 16.0 Å². The average molecular weight is 243 g/mol. The summed E-state index contributed by atoms with van der Waals surface area (Å²) in [5, 5.41) is 8.40. The highest BCUT2D eigenvalue weighted by Crippen LogP contribution is 2.13. The van der Waals surface area contributed by atoms with E-state index in [4.69, 9.17) is 4.74 Å². The van der Waals surface area contributed by atoms with Gasteiger partial charge in [-0.05, 0) is 13.8 Å². The SMILES string of the molecule is CNC(=O)C(C)(C)CNC(=O)C1CNCCO1. The number of hydrogen-bond acceptors (Lipinski definition) is 4. The lowest BCUT2D eigenvalue weighted by Crippen LogP contribution is -2.51. The van der Waals surface area contributed by atoms with E-state index in [1.165, 1.54) is 0 Å². The van der Waals surface area contributed by atoms with E-state index in [9.17, 15) is 9.59 Å². The van der Waals surface area contributed by atoms with Crippen molar-refractivity contribution in [3.05, 3.63) is 0 Å². The van der Waals surface area contributed by atoms with Gasteiger partial charge in [0.2, 0.25) is 11.8 Å². The Hall–Kier alpha value is -1.14. The van der Waals surface area contributed by atoms with Gasteiger partial charge in [-0.3, -0.25) is 9.59 Å². The Bertz CT molecular complexity index is 286. The second-order valence-electron chi connectivity index (χ2n) is 4.74. The molecule has 17 heavy (non-hydrogen) atoms. The summed E-state index contributed by atoms with van der Waals surface area (Å²) in [7, 11) is 1.58. The molecule has 0 aromatic heterocycles.